The van der Waals surface area contributed by atoms with Crippen molar-refractivity contribution in [3.63, 3.8) is 0 Å². The van der Waals surface area contributed by atoms with Gasteiger partial charge in [0.25, 0.3) is 5.91 Å². The number of benzene rings is 1. The number of piperidine rings is 1. The summed E-state index contributed by atoms with van der Waals surface area (Å²) in [4.78, 5) is 16.8. The molecule has 140 valence electrons. The van der Waals surface area contributed by atoms with Gasteiger partial charge < -0.3 is 19.3 Å². The first-order valence-corrected chi connectivity index (χ1v) is 9.52. The molecule has 1 aromatic rings. The lowest BCUT2D eigenvalue weighted by atomic mass is 9.96. The Balaban J connectivity index is 1.77. The number of para-hydroxylation sites is 2. The second-order valence-corrected chi connectivity index (χ2v) is 6.48. The predicted molar refractivity (Wildman–Crippen MR) is 100 cm³/mol. The van der Waals surface area contributed by atoms with Crippen molar-refractivity contribution >= 4 is 5.91 Å². The van der Waals surface area contributed by atoms with Crippen molar-refractivity contribution in [1.29, 1.82) is 0 Å². The number of hydrogen-bond donors (Lipinski definition) is 0. The van der Waals surface area contributed by atoms with Crippen LogP contribution in [0, 0.1) is 5.92 Å². The second-order valence-electron chi connectivity index (χ2n) is 6.48. The molecule has 0 atom stereocenters. The third-order valence-corrected chi connectivity index (χ3v) is 4.88. The smallest absolute Gasteiger partial charge is 0.260 e. The lowest BCUT2D eigenvalue weighted by Crippen LogP contribution is -2.43. The second kappa shape index (κ2) is 10.3. The van der Waals surface area contributed by atoms with Crippen LogP contribution in [-0.2, 0) is 4.79 Å². The van der Waals surface area contributed by atoms with Crippen molar-refractivity contribution in [2.24, 2.45) is 5.92 Å². The first-order valence-electron chi connectivity index (χ1n) is 9.52. The van der Waals surface area contributed by atoms with E-state index in [1.54, 1.807) is 0 Å². The van der Waals surface area contributed by atoms with Crippen LogP contribution in [0.3, 0.4) is 0 Å². The summed E-state index contributed by atoms with van der Waals surface area (Å²) in [6.07, 6.45) is 2.16. The molecule has 1 fully saturated rings. The predicted octanol–water partition coefficient (Wildman–Crippen LogP) is 3.04. The Labute approximate surface area is 151 Å². The molecule has 0 saturated carbocycles. The van der Waals surface area contributed by atoms with Crippen molar-refractivity contribution < 1.29 is 14.3 Å². The van der Waals surface area contributed by atoms with Crippen molar-refractivity contribution in [2.75, 3.05) is 45.9 Å². The van der Waals surface area contributed by atoms with Crippen molar-refractivity contribution in [3.05, 3.63) is 24.3 Å². The first-order chi connectivity index (χ1) is 12.2. The van der Waals surface area contributed by atoms with Crippen LogP contribution in [0.15, 0.2) is 24.3 Å². The molecule has 25 heavy (non-hydrogen) atoms. The topological polar surface area (TPSA) is 42.0 Å². The quantitative estimate of drug-likeness (QED) is 0.688. The summed E-state index contributed by atoms with van der Waals surface area (Å²) in [6.45, 7) is 12.0. The van der Waals surface area contributed by atoms with E-state index in [4.69, 9.17) is 9.47 Å². The van der Waals surface area contributed by atoms with Crippen molar-refractivity contribution in [2.45, 2.75) is 33.6 Å². The highest BCUT2D eigenvalue weighted by molar-refractivity contribution is 5.78. The summed E-state index contributed by atoms with van der Waals surface area (Å²) in [7, 11) is 0. The van der Waals surface area contributed by atoms with Crippen LogP contribution in [0.2, 0.25) is 0 Å². The summed E-state index contributed by atoms with van der Waals surface area (Å²) in [5, 5.41) is 0. The molecule has 0 bridgehead atoms. The molecule has 1 aliphatic heterocycles. The number of carbonyl (C=O) groups is 1. The SMILES string of the molecule is CCOc1ccccc1OCC(=O)N1CCC(CN(CC)CC)CC1. The van der Waals surface area contributed by atoms with E-state index in [2.05, 4.69) is 18.7 Å². The normalized spacial score (nSPS) is 15.4. The van der Waals surface area contributed by atoms with Gasteiger partial charge in [0.1, 0.15) is 0 Å². The van der Waals surface area contributed by atoms with Crippen LogP contribution in [0.5, 0.6) is 11.5 Å². The minimum Gasteiger partial charge on any atom is -0.490 e. The fraction of sp³-hybridized carbons (Fsp3) is 0.650. The van der Waals surface area contributed by atoms with Gasteiger partial charge in [-0.05, 0) is 50.9 Å². The molecule has 1 saturated heterocycles. The molecule has 0 radical (unpaired) electrons. The summed E-state index contributed by atoms with van der Waals surface area (Å²) in [6, 6.07) is 7.50. The van der Waals surface area contributed by atoms with Gasteiger partial charge in [0.05, 0.1) is 6.61 Å². The lowest BCUT2D eigenvalue weighted by Gasteiger charge is -2.34. The molecule has 0 aromatic heterocycles. The third kappa shape index (κ3) is 5.92. The van der Waals surface area contributed by atoms with E-state index >= 15 is 0 Å². The zero-order valence-electron chi connectivity index (χ0n) is 15.9. The van der Waals surface area contributed by atoms with Crippen molar-refractivity contribution in [3.8, 4) is 11.5 Å². The minimum atomic E-state index is 0.0626. The van der Waals surface area contributed by atoms with Crippen LogP contribution in [0.4, 0.5) is 0 Å². The summed E-state index contributed by atoms with van der Waals surface area (Å²) >= 11 is 0. The molecule has 1 aromatic carbocycles. The zero-order valence-corrected chi connectivity index (χ0v) is 15.9. The van der Waals surface area contributed by atoms with E-state index in [9.17, 15) is 4.79 Å². The van der Waals surface area contributed by atoms with E-state index in [-0.39, 0.29) is 12.5 Å². The molecule has 0 aliphatic carbocycles. The van der Waals surface area contributed by atoms with Gasteiger partial charge in [-0.3, -0.25) is 4.79 Å². The van der Waals surface area contributed by atoms with Gasteiger partial charge in [-0.2, -0.15) is 0 Å². The van der Waals surface area contributed by atoms with Gasteiger partial charge in [-0.25, -0.2) is 0 Å². The van der Waals surface area contributed by atoms with E-state index in [1.807, 2.05) is 36.1 Å². The highest BCUT2D eigenvalue weighted by Crippen LogP contribution is 2.26. The average Bonchev–Trinajstić information content (AvgIpc) is 2.66. The van der Waals surface area contributed by atoms with Crippen LogP contribution in [-0.4, -0.2) is 61.6 Å². The van der Waals surface area contributed by atoms with Gasteiger partial charge in [0.2, 0.25) is 0 Å². The number of hydrogen-bond acceptors (Lipinski definition) is 4. The molecule has 0 N–H and O–H groups in total. The molecule has 0 spiro atoms. The molecule has 5 nitrogen and oxygen atoms in total. The Bertz CT molecular complexity index is 523. The van der Waals surface area contributed by atoms with Gasteiger partial charge >= 0.3 is 0 Å². The Morgan fingerprint density at radius 2 is 1.68 bits per heavy atom. The Morgan fingerprint density at radius 3 is 2.24 bits per heavy atom. The maximum atomic E-state index is 12.4. The number of ether oxygens (including phenoxy) is 2. The van der Waals surface area contributed by atoms with E-state index < -0.39 is 0 Å². The Kier molecular flexibility index (Phi) is 8.06. The summed E-state index contributed by atoms with van der Waals surface area (Å²) in [5.74, 6) is 2.08. The number of amides is 1. The summed E-state index contributed by atoms with van der Waals surface area (Å²) in [5.41, 5.74) is 0. The van der Waals surface area contributed by atoms with Crippen molar-refractivity contribution in [1.82, 2.24) is 9.80 Å². The van der Waals surface area contributed by atoms with Gasteiger partial charge in [0, 0.05) is 19.6 Å². The van der Waals surface area contributed by atoms with Crippen LogP contribution in [0.25, 0.3) is 0 Å². The molecule has 1 heterocycles. The summed E-state index contributed by atoms with van der Waals surface area (Å²) < 4.78 is 11.2. The highest BCUT2D eigenvalue weighted by atomic mass is 16.5. The maximum Gasteiger partial charge on any atom is 0.260 e. The van der Waals surface area contributed by atoms with Gasteiger partial charge in [0.15, 0.2) is 18.1 Å². The molecule has 1 amide bonds. The standard InChI is InChI=1S/C20H32N2O3/c1-4-21(5-2)15-17-11-13-22(14-12-17)20(23)16-25-19-10-8-7-9-18(19)24-6-3/h7-10,17H,4-6,11-16H2,1-3H3. The molecule has 1 aliphatic rings. The molecule has 0 unspecified atom stereocenters. The zero-order chi connectivity index (χ0) is 18.1. The lowest BCUT2D eigenvalue weighted by molar-refractivity contribution is -0.134. The number of likely N-dealkylation sites (tertiary alicyclic amines) is 1. The van der Waals surface area contributed by atoms with Crippen LogP contribution < -0.4 is 9.47 Å². The molecular weight excluding hydrogens is 316 g/mol. The van der Waals surface area contributed by atoms with Gasteiger partial charge in [-0.1, -0.05) is 26.0 Å². The van der Waals surface area contributed by atoms with Crippen LogP contribution in [0.1, 0.15) is 33.6 Å². The Hall–Kier alpha value is -1.75. The maximum absolute atomic E-state index is 12.4. The third-order valence-electron chi connectivity index (χ3n) is 4.88. The molecular formula is C20H32N2O3. The fourth-order valence-corrected chi connectivity index (χ4v) is 3.29. The van der Waals surface area contributed by atoms with E-state index in [1.165, 1.54) is 0 Å². The Morgan fingerprint density at radius 1 is 1.08 bits per heavy atom. The molecule has 2 rings (SSSR count). The largest absolute Gasteiger partial charge is 0.490 e. The minimum absolute atomic E-state index is 0.0626. The molecule has 5 heteroatoms. The monoisotopic (exact) mass is 348 g/mol. The van der Waals surface area contributed by atoms with E-state index in [0.717, 1.165) is 45.6 Å². The fourth-order valence-electron chi connectivity index (χ4n) is 3.29. The number of carbonyl (C=O) groups excluding carboxylic acids is 1. The van der Waals surface area contributed by atoms with Gasteiger partial charge in [-0.15, -0.1) is 0 Å². The highest BCUT2D eigenvalue weighted by Gasteiger charge is 2.24. The van der Waals surface area contributed by atoms with Crippen LogP contribution >= 0.6 is 0 Å². The number of rotatable bonds is 9. The first kappa shape index (κ1) is 19.6. The average molecular weight is 348 g/mol. The number of nitrogens with zero attached hydrogens (tertiary/aromatic N) is 2. The van der Waals surface area contributed by atoms with E-state index in [0.29, 0.717) is 24.0 Å².